The van der Waals surface area contributed by atoms with Gasteiger partial charge in [-0.1, -0.05) is 30.3 Å². The maximum Gasteiger partial charge on any atom is 0.262 e. The van der Waals surface area contributed by atoms with Crippen LogP contribution in [0, 0.1) is 0 Å². The van der Waals surface area contributed by atoms with E-state index in [9.17, 15) is 9.59 Å². The summed E-state index contributed by atoms with van der Waals surface area (Å²) < 4.78 is 1.83. The molecule has 0 radical (unpaired) electrons. The van der Waals surface area contributed by atoms with Gasteiger partial charge in [-0.25, -0.2) is 4.98 Å². The molecule has 0 unspecified atom stereocenters. The summed E-state index contributed by atoms with van der Waals surface area (Å²) in [6.45, 7) is 0. The van der Waals surface area contributed by atoms with Crippen LogP contribution in [0.1, 0.15) is 44.6 Å². The van der Waals surface area contributed by atoms with Crippen LogP contribution < -0.4 is 5.56 Å². The van der Waals surface area contributed by atoms with Crippen molar-refractivity contribution in [1.82, 2.24) is 9.55 Å². The van der Waals surface area contributed by atoms with Gasteiger partial charge in [0.1, 0.15) is 5.78 Å². The normalized spacial score (nSPS) is 22.2. The average Bonchev–Trinajstić information content (AvgIpc) is 3.35. The molecule has 22 heavy (non-hydrogen) atoms. The zero-order valence-corrected chi connectivity index (χ0v) is 13.1. The Hall–Kier alpha value is -1.62. The van der Waals surface area contributed by atoms with Gasteiger partial charge in [0, 0.05) is 12.5 Å². The number of benzene rings is 1. The van der Waals surface area contributed by atoms with Crippen LogP contribution in [0.5, 0.6) is 0 Å². The third-order valence-corrected chi connectivity index (χ3v) is 5.72. The predicted octanol–water partition coefficient (Wildman–Crippen LogP) is 3.34. The van der Waals surface area contributed by atoms with E-state index in [0.717, 1.165) is 42.8 Å². The first-order valence-corrected chi connectivity index (χ1v) is 8.82. The fourth-order valence-electron chi connectivity index (χ4n) is 3.07. The van der Waals surface area contributed by atoms with Crippen LogP contribution in [0.25, 0.3) is 10.9 Å². The number of hydrogen-bond acceptors (Lipinski definition) is 4. The van der Waals surface area contributed by atoms with E-state index >= 15 is 0 Å². The Morgan fingerprint density at radius 2 is 1.91 bits per heavy atom. The summed E-state index contributed by atoms with van der Waals surface area (Å²) in [5.41, 5.74) is 0.772. The summed E-state index contributed by atoms with van der Waals surface area (Å²) in [4.78, 5) is 29.6. The van der Waals surface area contributed by atoms with Gasteiger partial charge in [-0.05, 0) is 37.8 Å². The highest BCUT2D eigenvalue weighted by Crippen LogP contribution is 2.39. The standard InChI is InChI=1S/C17H18N2O2S/c20-14-7-3-4-8-15(14)22-17-18-13-6-2-1-5-12(13)16(21)19(17)11-9-10-11/h1-2,5-6,11,15H,3-4,7-10H2/t15-/m1/s1. The van der Waals surface area contributed by atoms with Crippen molar-refractivity contribution in [3.05, 3.63) is 34.6 Å². The molecule has 0 amide bonds. The van der Waals surface area contributed by atoms with Gasteiger partial charge in [0.2, 0.25) is 0 Å². The van der Waals surface area contributed by atoms with E-state index in [1.807, 2.05) is 28.8 Å². The zero-order valence-electron chi connectivity index (χ0n) is 12.3. The minimum atomic E-state index is -0.0354. The van der Waals surface area contributed by atoms with Crippen molar-refractivity contribution in [2.24, 2.45) is 0 Å². The number of thioether (sulfide) groups is 1. The van der Waals surface area contributed by atoms with E-state index in [0.29, 0.717) is 17.6 Å². The van der Waals surface area contributed by atoms with Crippen molar-refractivity contribution in [2.75, 3.05) is 0 Å². The van der Waals surface area contributed by atoms with Crippen LogP contribution in [-0.2, 0) is 4.79 Å². The maximum atomic E-state index is 12.8. The number of carbonyl (C=O) groups is 1. The summed E-state index contributed by atoms with van der Waals surface area (Å²) in [6, 6.07) is 7.76. The van der Waals surface area contributed by atoms with E-state index < -0.39 is 0 Å². The maximum absolute atomic E-state index is 12.8. The Morgan fingerprint density at radius 3 is 2.68 bits per heavy atom. The van der Waals surface area contributed by atoms with Crippen molar-refractivity contribution in [3.63, 3.8) is 0 Å². The van der Waals surface area contributed by atoms with E-state index in [1.165, 1.54) is 11.8 Å². The molecule has 5 heteroatoms. The average molecular weight is 314 g/mol. The molecule has 4 rings (SSSR count). The SMILES string of the molecule is O=C1CCCC[C@H]1Sc1nc2ccccc2c(=O)n1C1CC1. The third-order valence-electron chi connectivity index (χ3n) is 4.43. The molecule has 1 aromatic carbocycles. The van der Waals surface area contributed by atoms with Crippen LogP contribution in [0.4, 0.5) is 0 Å². The quantitative estimate of drug-likeness (QED) is 0.815. The Morgan fingerprint density at radius 1 is 1.09 bits per heavy atom. The van der Waals surface area contributed by atoms with Crippen molar-refractivity contribution in [1.29, 1.82) is 0 Å². The molecule has 2 fully saturated rings. The van der Waals surface area contributed by atoms with Crippen molar-refractivity contribution < 1.29 is 4.79 Å². The molecule has 0 N–H and O–H groups in total. The molecule has 1 atom stereocenters. The van der Waals surface area contributed by atoms with Crippen LogP contribution in [0.15, 0.2) is 34.2 Å². The van der Waals surface area contributed by atoms with Crippen molar-refractivity contribution in [2.45, 2.75) is 55.0 Å². The van der Waals surface area contributed by atoms with E-state index in [4.69, 9.17) is 4.98 Å². The van der Waals surface area contributed by atoms with Crippen molar-refractivity contribution >= 4 is 28.4 Å². The van der Waals surface area contributed by atoms with Crippen LogP contribution in [0.2, 0.25) is 0 Å². The Balaban J connectivity index is 1.80. The second-order valence-corrected chi connectivity index (χ2v) is 7.31. The van der Waals surface area contributed by atoms with E-state index in [2.05, 4.69) is 0 Å². The Labute approximate surface area is 132 Å². The summed E-state index contributed by atoms with van der Waals surface area (Å²) >= 11 is 1.50. The Bertz CT molecular complexity index is 795. The zero-order chi connectivity index (χ0) is 15.1. The summed E-state index contributed by atoms with van der Waals surface area (Å²) in [7, 11) is 0. The molecule has 2 aliphatic carbocycles. The number of nitrogens with zero attached hydrogens (tertiary/aromatic N) is 2. The lowest BCUT2D eigenvalue weighted by molar-refractivity contribution is -0.119. The van der Waals surface area contributed by atoms with E-state index in [1.54, 1.807) is 0 Å². The summed E-state index contributed by atoms with van der Waals surface area (Å²) in [5.74, 6) is 0.306. The van der Waals surface area contributed by atoms with Gasteiger partial charge in [0.05, 0.1) is 16.2 Å². The number of aromatic nitrogens is 2. The molecule has 2 aromatic rings. The number of Topliss-reactive ketones (excluding diaryl/α,β-unsaturated/α-hetero) is 1. The molecule has 1 heterocycles. The van der Waals surface area contributed by atoms with Gasteiger partial charge in [-0.15, -0.1) is 0 Å². The van der Waals surface area contributed by atoms with Gasteiger partial charge in [0.25, 0.3) is 5.56 Å². The molecular weight excluding hydrogens is 296 g/mol. The summed E-state index contributed by atoms with van der Waals surface area (Å²) in [5, 5.41) is 1.37. The second-order valence-electron chi connectivity index (χ2n) is 6.14. The highest BCUT2D eigenvalue weighted by atomic mass is 32.2. The highest BCUT2D eigenvalue weighted by molar-refractivity contribution is 8.00. The van der Waals surface area contributed by atoms with Gasteiger partial charge in [-0.2, -0.15) is 0 Å². The number of para-hydroxylation sites is 1. The number of hydrogen-bond donors (Lipinski definition) is 0. The van der Waals surface area contributed by atoms with Gasteiger partial charge >= 0.3 is 0 Å². The molecule has 2 saturated carbocycles. The molecule has 0 aliphatic heterocycles. The minimum absolute atomic E-state index is 0.0354. The summed E-state index contributed by atoms with van der Waals surface area (Å²) in [6.07, 6.45) is 5.72. The number of fused-ring (bicyclic) bond motifs is 1. The smallest absolute Gasteiger partial charge is 0.262 e. The first-order chi connectivity index (χ1) is 10.7. The lowest BCUT2D eigenvalue weighted by atomic mass is 9.99. The molecule has 1 aromatic heterocycles. The van der Waals surface area contributed by atoms with Crippen molar-refractivity contribution in [3.8, 4) is 0 Å². The van der Waals surface area contributed by atoms with Gasteiger partial charge < -0.3 is 0 Å². The predicted molar refractivity (Wildman–Crippen MR) is 87.4 cm³/mol. The topological polar surface area (TPSA) is 52.0 Å². The first kappa shape index (κ1) is 14.0. The molecule has 0 bridgehead atoms. The monoisotopic (exact) mass is 314 g/mol. The van der Waals surface area contributed by atoms with Crippen LogP contribution in [0.3, 0.4) is 0 Å². The molecular formula is C17H18N2O2S. The fraction of sp³-hybridized carbons (Fsp3) is 0.471. The molecule has 0 saturated heterocycles. The highest BCUT2D eigenvalue weighted by Gasteiger charge is 2.31. The number of rotatable bonds is 3. The number of carbonyl (C=O) groups excluding carboxylic acids is 1. The first-order valence-electron chi connectivity index (χ1n) is 7.95. The van der Waals surface area contributed by atoms with Crippen LogP contribution >= 0.6 is 11.8 Å². The molecule has 4 nitrogen and oxygen atoms in total. The van der Waals surface area contributed by atoms with E-state index in [-0.39, 0.29) is 16.9 Å². The molecule has 114 valence electrons. The fourth-order valence-corrected chi connectivity index (χ4v) is 4.35. The molecule has 0 spiro atoms. The lowest BCUT2D eigenvalue weighted by Crippen LogP contribution is -2.26. The van der Waals surface area contributed by atoms with Gasteiger partial charge in [0.15, 0.2) is 5.16 Å². The Kier molecular flexibility index (Phi) is 3.53. The second kappa shape index (κ2) is 5.54. The largest absolute Gasteiger partial charge is 0.298 e. The van der Waals surface area contributed by atoms with Gasteiger partial charge in [-0.3, -0.25) is 14.2 Å². The lowest BCUT2D eigenvalue weighted by Gasteiger charge is -2.21. The minimum Gasteiger partial charge on any atom is -0.298 e. The number of ketones is 1. The van der Waals surface area contributed by atoms with Crippen LogP contribution in [-0.4, -0.2) is 20.6 Å². The third kappa shape index (κ3) is 2.47. The molecule has 2 aliphatic rings.